The molecule has 0 fully saturated rings. The zero-order chi connectivity index (χ0) is 14.7. The molecule has 3 N–H and O–H groups in total. The predicted molar refractivity (Wildman–Crippen MR) is 76.8 cm³/mol. The molecule has 0 radical (unpaired) electrons. The van der Waals surface area contributed by atoms with Crippen molar-refractivity contribution in [1.82, 2.24) is 4.72 Å². The first-order valence-corrected chi connectivity index (χ1v) is 7.76. The van der Waals surface area contributed by atoms with Gasteiger partial charge in [-0.05, 0) is 31.0 Å². The third kappa shape index (κ3) is 3.49. The van der Waals surface area contributed by atoms with E-state index in [1.807, 2.05) is 0 Å². The average molecular weight is 304 g/mol. The van der Waals surface area contributed by atoms with Crippen LogP contribution in [-0.2, 0) is 10.0 Å². The Labute approximate surface area is 118 Å². The molecule has 0 atom stereocenters. The van der Waals surface area contributed by atoms with Gasteiger partial charge in [0.25, 0.3) is 0 Å². The smallest absolute Gasteiger partial charge is 0.241 e. The average Bonchev–Trinajstić information content (AvgIpc) is 2.35. The number of sulfonamides is 1. The van der Waals surface area contributed by atoms with Gasteiger partial charge in [0.2, 0.25) is 10.0 Å². The van der Waals surface area contributed by atoms with Gasteiger partial charge in [-0.25, -0.2) is 12.8 Å². The molecule has 0 aliphatic carbocycles. The lowest BCUT2D eigenvalue weighted by molar-refractivity contribution is 0.465. The number of rotatable bonds is 6. The fourth-order valence-electron chi connectivity index (χ4n) is 1.74. The highest BCUT2D eigenvalue weighted by atomic mass is 32.2. The van der Waals surface area contributed by atoms with E-state index >= 15 is 0 Å². The van der Waals surface area contributed by atoms with Crippen LogP contribution in [0.15, 0.2) is 29.2 Å². The van der Waals surface area contributed by atoms with E-state index in [1.54, 1.807) is 13.8 Å². The molecular weight excluding hydrogens is 287 g/mol. The molecule has 7 heteroatoms. The molecule has 0 unspecified atom stereocenters. The van der Waals surface area contributed by atoms with E-state index < -0.39 is 21.4 Å². The van der Waals surface area contributed by atoms with Crippen molar-refractivity contribution in [2.45, 2.75) is 37.1 Å². The van der Waals surface area contributed by atoms with Crippen molar-refractivity contribution in [2.75, 3.05) is 0 Å². The second kappa shape index (κ2) is 5.94. The molecule has 0 amide bonds. The summed E-state index contributed by atoms with van der Waals surface area (Å²) in [6, 6.07) is 4.79. The van der Waals surface area contributed by atoms with E-state index in [1.165, 1.54) is 18.2 Å². The summed E-state index contributed by atoms with van der Waals surface area (Å²) in [4.78, 5) is -0.0625. The van der Waals surface area contributed by atoms with Crippen LogP contribution >= 0.6 is 12.2 Å². The molecule has 106 valence electrons. The summed E-state index contributed by atoms with van der Waals surface area (Å²) < 4.78 is 40.1. The minimum Gasteiger partial charge on any atom is -0.392 e. The number of hydrogen-bond acceptors (Lipinski definition) is 3. The van der Waals surface area contributed by atoms with Crippen LogP contribution in [0.5, 0.6) is 0 Å². The third-order valence-corrected chi connectivity index (χ3v) is 5.04. The molecule has 0 aromatic heterocycles. The summed E-state index contributed by atoms with van der Waals surface area (Å²) in [6.45, 7) is 3.58. The van der Waals surface area contributed by atoms with E-state index in [4.69, 9.17) is 18.0 Å². The third-order valence-electron chi connectivity index (χ3n) is 3.11. The maximum absolute atomic E-state index is 13.1. The summed E-state index contributed by atoms with van der Waals surface area (Å²) >= 11 is 4.95. The summed E-state index contributed by atoms with van der Waals surface area (Å²) in [7, 11) is -3.87. The van der Waals surface area contributed by atoms with Gasteiger partial charge in [0, 0.05) is 0 Å². The van der Waals surface area contributed by atoms with Crippen LogP contribution in [-0.4, -0.2) is 18.9 Å². The van der Waals surface area contributed by atoms with Gasteiger partial charge in [-0.1, -0.05) is 32.1 Å². The maximum Gasteiger partial charge on any atom is 0.241 e. The lowest BCUT2D eigenvalue weighted by Gasteiger charge is -2.31. The molecule has 4 nitrogen and oxygen atoms in total. The zero-order valence-corrected chi connectivity index (χ0v) is 12.4. The molecule has 1 aromatic carbocycles. The van der Waals surface area contributed by atoms with Gasteiger partial charge in [-0.15, -0.1) is 0 Å². The van der Waals surface area contributed by atoms with Crippen LogP contribution in [0.1, 0.15) is 26.7 Å². The fourth-order valence-corrected chi connectivity index (χ4v) is 3.70. The Morgan fingerprint density at radius 3 is 2.42 bits per heavy atom. The van der Waals surface area contributed by atoms with Crippen molar-refractivity contribution in [1.29, 1.82) is 0 Å². The Kier molecular flexibility index (Phi) is 5.00. The topological polar surface area (TPSA) is 72.2 Å². The van der Waals surface area contributed by atoms with Crippen LogP contribution in [0, 0.1) is 5.82 Å². The highest BCUT2D eigenvalue weighted by Crippen LogP contribution is 2.20. The largest absolute Gasteiger partial charge is 0.392 e. The number of benzene rings is 1. The highest BCUT2D eigenvalue weighted by molar-refractivity contribution is 7.89. The van der Waals surface area contributed by atoms with E-state index in [0.29, 0.717) is 12.8 Å². The van der Waals surface area contributed by atoms with Gasteiger partial charge in [0.1, 0.15) is 5.82 Å². The summed E-state index contributed by atoms with van der Waals surface area (Å²) in [5.74, 6) is -0.614. The number of nitrogens with two attached hydrogens (primary N) is 1. The van der Waals surface area contributed by atoms with Gasteiger partial charge in [0.05, 0.1) is 15.4 Å². The van der Waals surface area contributed by atoms with Crippen LogP contribution in [0.2, 0.25) is 0 Å². The van der Waals surface area contributed by atoms with Crippen molar-refractivity contribution in [3.05, 3.63) is 30.1 Å². The minimum atomic E-state index is -3.87. The maximum atomic E-state index is 13.1. The van der Waals surface area contributed by atoms with E-state index in [9.17, 15) is 12.8 Å². The molecule has 19 heavy (non-hydrogen) atoms. The lowest BCUT2D eigenvalue weighted by atomic mass is 9.94. The van der Waals surface area contributed by atoms with Gasteiger partial charge >= 0.3 is 0 Å². The van der Waals surface area contributed by atoms with Gasteiger partial charge in [-0.2, -0.15) is 4.72 Å². The van der Waals surface area contributed by atoms with Crippen LogP contribution in [0.4, 0.5) is 4.39 Å². The normalized spacial score (nSPS) is 12.4. The first-order valence-electron chi connectivity index (χ1n) is 5.87. The number of hydrogen-bond donors (Lipinski definition) is 2. The molecule has 0 heterocycles. The second-order valence-electron chi connectivity index (χ2n) is 4.22. The van der Waals surface area contributed by atoms with Crippen molar-refractivity contribution >= 4 is 27.2 Å². The molecule has 0 spiro atoms. The van der Waals surface area contributed by atoms with Gasteiger partial charge < -0.3 is 5.73 Å². The molecule has 0 bridgehead atoms. The van der Waals surface area contributed by atoms with Crippen molar-refractivity contribution in [3.8, 4) is 0 Å². The minimum absolute atomic E-state index is 0.0810. The van der Waals surface area contributed by atoms with E-state index in [0.717, 1.165) is 6.07 Å². The molecule has 0 saturated carbocycles. The SMILES string of the molecule is CCC(CC)(NS(=O)(=O)c1cccc(F)c1)C(N)=S. The number of nitrogens with one attached hydrogen (secondary N) is 1. The monoisotopic (exact) mass is 304 g/mol. The fraction of sp³-hybridized carbons (Fsp3) is 0.417. The molecular formula is C12H17FN2O2S2. The molecule has 0 aliphatic heterocycles. The van der Waals surface area contributed by atoms with Crippen LogP contribution in [0.25, 0.3) is 0 Å². The standard InChI is InChI=1S/C12H17FN2O2S2/c1-3-12(4-2,11(14)18)15-19(16,17)10-7-5-6-9(13)8-10/h5-8,15H,3-4H2,1-2H3,(H2,14,18). The highest BCUT2D eigenvalue weighted by Gasteiger charge is 2.34. The van der Waals surface area contributed by atoms with Gasteiger partial charge in [0.15, 0.2) is 0 Å². The van der Waals surface area contributed by atoms with E-state index in [-0.39, 0.29) is 9.88 Å². The van der Waals surface area contributed by atoms with Crippen LogP contribution in [0.3, 0.4) is 0 Å². The van der Waals surface area contributed by atoms with Gasteiger partial charge in [-0.3, -0.25) is 0 Å². The Bertz CT molecular complexity index is 569. The van der Waals surface area contributed by atoms with Crippen LogP contribution < -0.4 is 10.5 Å². The Morgan fingerprint density at radius 1 is 1.42 bits per heavy atom. The number of thiocarbonyl (C=S) groups is 1. The predicted octanol–water partition coefficient (Wildman–Crippen LogP) is 1.95. The Morgan fingerprint density at radius 2 is 2.00 bits per heavy atom. The van der Waals surface area contributed by atoms with Crippen molar-refractivity contribution in [3.63, 3.8) is 0 Å². The van der Waals surface area contributed by atoms with Crippen molar-refractivity contribution < 1.29 is 12.8 Å². The van der Waals surface area contributed by atoms with E-state index in [2.05, 4.69) is 4.72 Å². The Balaban J connectivity index is 3.18. The quantitative estimate of drug-likeness (QED) is 0.788. The molecule has 0 aliphatic rings. The number of halogens is 1. The lowest BCUT2D eigenvalue weighted by Crippen LogP contribution is -2.55. The summed E-state index contributed by atoms with van der Waals surface area (Å²) in [5.41, 5.74) is 4.65. The second-order valence-corrected chi connectivity index (χ2v) is 6.34. The summed E-state index contributed by atoms with van der Waals surface area (Å²) in [6.07, 6.45) is 0.848. The zero-order valence-electron chi connectivity index (χ0n) is 10.8. The van der Waals surface area contributed by atoms with Crippen molar-refractivity contribution in [2.24, 2.45) is 5.73 Å². The molecule has 1 rings (SSSR count). The first kappa shape index (κ1) is 16.0. The molecule has 0 saturated heterocycles. The summed E-state index contributed by atoms with van der Waals surface area (Å²) in [5, 5.41) is 0. The first-order chi connectivity index (χ1) is 8.77. The molecule has 1 aromatic rings. The Hall–Kier alpha value is -1.05.